The molecule has 1 saturated heterocycles. The molecule has 570 valence electrons. The van der Waals surface area contributed by atoms with Crippen LogP contribution in [0.1, 0.15) is 189 Å². The zero-order valence-electron chi connectivity index (χ0n) is 65.6. The number of rotatable bonds is 26. The Morgan fingerprint density at radius 1 is 0.596 bits per heavy atom. The fraction of sp³-hybridized carbons (Fsp3) is 0.819. The van der Waals surface area contributed by atoms with Crippen molar-refractivity contribution in [3.8, 4) is 0 Å². The smallest absolute Gasteiger partial charge is 0.263 e. The molecule has 0 aromatic rings. The van der Waals surface area contributed by atoms with Crippen LogP contribution in [0.3, 0.4) is 0 Å². The van der Waals surface area contributed by atoms with Crippen molar-refractivity contribution >= 4 is 76.7 Å². The summed E-state index contributed by atoms with van der Waals surface area (Å²) in [6.45, 7) is 36.6. The number of nitrogens with one attached hydrogen (secondary N) is 5. The Labute approximate surface area is 599 Å². The minimum Gasteiger partial charge on any atom is -0.379 e. The third-order valence-corrected chi connectivity index (χ3v) is 20.5. The molecule has 0 bridgehead atoms. The van der Waals surface area contributed by atoms with Crippen molar-refractivity contribution in [1.29, 1.82) is 0 Å². The van der Waals surface area contributed by atoms with Crippen LogP contribution in [0.5, 0.6) is 0 Å². The van der Waals surface area contributed by atoms with E-state index in [1.807, 2.05) is 67.5 Å². The standard InChI is InChI=1S/C72H133N13O13S/c1-28-32-34-49(15)41-72(77-97)70(96)75-52(29-2)64(90)82(24)57(43-99-38-33-37-85(30-3)31-4)67(93)81(23)56(42-71(18,19)98-27)62(88)76-58(47(11)12)68(94)78(20)53(36-35-44(5)6)61(87)73-50(16)60(86)74-51(17)63(89)79(21)54(39-45(7)8)65(91)80(22)55(40-46(9)10)66(92)83(25)59(48(13)14)69(95)84(72)26/h28,32,44-59,77,97H,29-31,33-43H2,1-27H3,(H,73,87)(H,74,86)(H,75,96)(H,76,88)/b32-28+/t49-,50-,51+,52-,53-,54+,55+,56+,57-,58-,59+,72+/m1/s1. The molecule has 0 saturated carbocycles. The molecule has 99 heavy (non-hydrogen) atoms. The summed E-state index contributed by atoms with van der Waals surface area (Å²) in [6.07, 6.45) is 5.41. The lowest BCUT2D eigenvalue weighted by molar-refractivity contribution is -0.166. The predicted molar refractivity (Wildman–Crippen MR) is 390 cm³/mol. The molecule has 0 unspecified atom stereocenters. The molecule has 0 aliphatic carbocycles. The van der Waals surface area contributed by atoms with Crippen LogP contribution in [0.25, 0.3) is 0 Å². The molecule has 0 spiro atoms. The van der Waals surface area contributed by atoms with E-state index in [1.54, 1.807) is 48.5 Å². The number of carbonyl (C=O) groups excluding carboxylic acids is 11. The number of carbonyl (C=O) groups is 11. The number of allylic oxidation sites excluding steroid dienone is 2. The van der Waals surface area contributed by atoms with Crippen LogP contribution in [-0.4, -0.2) is 269 Å². The van der Waals surface area contributed by atoms with E-state index in [0.717, 1.165) is 31.0 Å². The largest absolute Gasteiger partial charge is 0.379 e. The molecule has 6 N–H and O–H groups in total. The molecule has 26 nitrogen and oxygen atoms in total. The maximum Gasteiger partial charge on any atom is 0.263 e. The van der Waals surface area contributed by atoms with Crippen molar-refractivity contribution < 1.29 is 62.7 Å². The second-order valence-corrected chi connectivity index (χ2v) is 31.1. The maximum absolute atomic E-state index is 15.6. The van der Waals surface area contributed by atoms with Crippen LogP contribution in [0, 0.1) is 35.5 Å². The predicted octanol–water partition coefficient (Wildman–Crippen LogP) is 5.60. The van der Waals surface area contributed by atoms with Crippen molar-refractivity contribution in [3.05, 3.63) is 12.2 Å². The zero-order chi connectivity index (χ0) is 76.5. The van der Waals surface area contributed by atoms with Gasteiger partial charge in [0.25, 0.3) is 5.91 Å². The summed E-state index contributed by atoms with van der Waals surface area (Å²) < 4.78 is 5.87. The fourth-order valence-corrected chi connectivity index (χ4v) is 13.6. The number of hydrogen-bond donors (Lipinski definition) is 6. The highest BCUT2D eigenvalue weighted by atomic mass is 32.2. The second kappa shape index (κ2) is 42.5. The Balaban J connectivity index is 4.69. The first-order valence-corrected chi connectivity index (χ1v) is 37.1. The number of amides is 11. The Morgan fingerprint density at radius 3 is 1.56 bits per heavy atom. The first kappa shape index (κ1) is 91.1. The number of ether oxygens (including phenoxy) is 1. The van der Waals surface area contributed by atoms with E-state index in [1.165, 1.54) is 111 Å². The van der Waals surface area contributed by atoms with Gasteiger partial charge in [-0.1, -0.05) is 109 Å². The number of hydrogen-bond acceptors (Lipinski definition) is 16. The Bertz CT molecular complexity index is 2680. The monoisotopic (exact) mass is 1420 g/mol. The summed E-state index contributed by atoms with van der Waals surface area (Å²) >= 11 is 1.44. The van der Waals surface area contributed by atoms with Gasteiger partial charge in [0, 0.05) is 68.6 Å². The van der Waals surface area contributed by atoms with Gasteiger partial charge >= 0.3 is 0 Å². The summed E-state index contributed by atoms with van der Waals surface area (Å²) in [5, 5.41) is 22.8. The number of hydroxylamine groups is 1. The molecule has 1 fully saturated rings. The minimum atomic E-state index is -2.31. The van der Waals surface area contributed by atoms with Crippen molar-refractivity contribution in [2.24, 2.45) is 35.5 Å². The summed E-state index contributed by atoms with van der Waals surface area (Å²) in [5.41, 5.74) is -1.16. The van der Waals surface area contributed by atoms with E-state index in [2.05, 4.69) is 45.5 Å². The third-order valence-electron chi connectivity index (χ3n) is 19.4. The Morgan fingerprint density at radius 2 is 1.08 bits per heavy atom. The molecular weight excluding hydrogens is 1290 g/mol. The fourth-order valence-electron chi connectivity index (χ4n) is 12.5. The van der Waals surface area contributed by atoms with Gasteiger partial charge in [0.2, 0.25) is 59.1 Å². The van der Waals surface area contributed by atoms with E-state index in [4.69, 9.17) is 4.74 Å². The molecule has 1 rings (SSSR count). The maximum atomic E-state index is 15.6. The summed E-state index contributed by atoms with van der Waals surface area (Å²) in [6, 6.07) is -12.6. The van der Waals surface area contributed by atoms with Crippen LogP contribution in [0.4, 0.5) is 0 Å². The molecule has 11 amide bonds. The van der Waals surface area contributed by atoms with Crippen LogP contribution in [0.15, 0.2) is 12.2 Å². The molecule has 0 radical (unpaired) electrons. The van der Waals surface area contributed by atoms with E-state index in [9.17, 15) is 19.6 Å². The topological polar surface area (TPSA) is 303 Å². The van der Waals surface area contributed by atoms with Gasteiger partial charge in [-0.25, -0.2) is 0 Å². The molecule has 1 heterocycles. The van der Waals surface area contributed by atoms with E-state index < -0.39 is 154 Å². The van der Waals surface area contributed by atoms with Crippen molar-refractivity contribution in [2.75, 3.05) is 87.6 Å². The molecule has 0 aromatic heterocycles. The van der Waals surface area contributed by atoms with Crippen LogP contribution < -0.4 is 26.7 Å². The summed E-state index contributed by atoms with van der Waals surface area (Å²) in [4.78, 5) is 177. The molecule has 1 aliphatic heterocycles. The third kappa shape index (κ3) is 26.1. The number of thioether (sulfide) groups is 1. The van der Waals surface area contributed by atoms with Gasteiger partial charge in [0.15, 0.2) is 5.66 Å². The highest BCUT2D eigenvalue weighted by Gasteiger charge is 2.51. The SMILES string of the molecule is C/C=C/C[C@@H](C)C[C@@]1(NO)C(=O)N[C@H](CC)C(=O)N(C)[C@H](CSCCCN(CC)CC)C(=O)N(C)[C@@H](CC(C)(C)OC)C(=O)N[C@H](C(C)C)C(=O)N(C)[C@H](CCC(C)C)C(=O)N[C@H](C)C(=O)N[C@@H](C)C(=O)N(C)[C@@H](CC(C)C)C(=O)N(C)[C@@H](CC(C)C)C(=O)N(C)[C@@H](C(C)C)C(=O)N1C. The van der Waals surface area contributed by atoms with E-state index >= 15 is 38.4 Å². The lowest BCUT2D eigenvalue weighted by atomic mass is 9.89. The lowest BCUT2D eigenvalue weighted by Crippen LogP contribution is -2.71. The highest BCUT2D eigenvalue weighted by molar-refractivity contribution is 7.99. The van der Waals surface area contributed by atoms with Crippen LogP contribution >= 0.6 is 11.8 Å². The number of nitrogens with zero attached hydrogens (tertiary/aromatic N) is 8. The minimum absolute atomic E-state index is 0.0353. The highest BCUT2D eigenvalue weighted by Crippen LogP contribution is 2.30. The Hall–Kier alpha value is -5.90. The van der Waals surface area contributed by atoms with Gasteiger partial charge in [-0.05, 0) is 147 Å². The van der Waals surface area contributed by atoms with Crippen molar-refractivity contribution in [3.63, 3.8) is 0 Å². The van der Waals surface area contributed by atoms with Gasteiger partial charge < -0.3 is 70.4 Å². The number of likely N-dealkylation sites (N-methyl/N-ethyl adjacent to an activating group) is 7. The lowest BCUT2D eigenvalue weighted by Gasteiger charge is -2.45. The van der Waals surface area contributed by atoms with Gasteiger partial charge in [-0.2, -0.15) is 17.2 Å². The molecule has 1 aliphatic rings. The Kier molecular flexibility index (Phi) is 39.1. The quantitative estimate of drug-likeness (QED) is 0.0349. The van der Waals surface area contributed by atoms with Crippen molar-refractivity contribution in [1.82, 2.24) is 65.9 Å². The molecule has 27 heteroatoms. The van der Waals surface area contributed by atoms with Crippen molar-refractivity contribution in [2.45, 2.75) is 261 Å². The van der Waals surface area contributed by atoms with Gasteiger partial charge in [-0.3, -0.25) is 52.7 Å². The second-order valence-electron chi connectivity index (χ2n) is 29.9. The normalized spacial score (nSPS) is 26.2. The van der Waals surface area contributed by atoms with E-state index in [-0.39, 0.29) is 62.0 Å². The van der Waals surface area contributed by atoms with Crippen LogP contribution in [-0.2, 0) is 57.5 Å². The average molecular weight is 1420 g/mol. The number of methoxy groups -OCH3 is 1. The first-order chi connectivity index (χ1) is 45.9. The molecule has 0 aromatic carbocycles. The van der Waals surface area contributed by atoms with Crippen LogP contribution in [0.2, 0.25) is 0 Å². The van der Waals surface area contributed by atoms with Gasteiger partial charge in [0.1, 0.15) is 60.4 Å². The van der Waals surface area contributed by atoms with Gasteiger partial charge in [0.05, 0.1) is 5.60 Å². The molecule has 12 atom stereocenters. The molecular formula is C72H133N13O13S. The zero-order valence-corrected chi connectivity index (χ0v) is 66.4. The summed E-state index contributed by atoms with van der Waals surface area (Å²) in [5.74, 6) is -9.03. The van der Waals surface area contributed by atoms with Gasteiger partial charge in [-0.15, -0.1) is 0 Å². The average Bonchev–Trinajstić information content (AvgIpc) is 0.772. The van der Waals surface area contributed by atoms with E-state index in [0.29, 0.717) is 18.6 Å². The summed E-state index contributed by atoms with van der Waals surface area (Å²) in [7, 11) is 11.5. The first-order valence-electron chi connectivity index (χ1n) is 35.9.